The zero-order valence-electron chi connectivity index (χ0n) is 13.1. The lowest BCUT2D eigenvalue weighted by Crippen LogP contribution is -2.38. The van der Waals surface area contributed by atoms with Crippen molar-refractivity contribution in [2.45, 2.75) is 36.6 Å². The summed E-state index contributed by atoms with van der Waals surface area (Å²) in [5, 5.41) is 0. The number of ether oxygens (including phenoxy) is 2. The normalized spacial score (nSPS) is 22.6. The van der Waals surface area contributed by atoms with E-state index in [1.54, 1.807) is 0 Å². The molecule has 1 atom stereocenters. The Balaban J connectivity index is 2.15. The van der Waals surface area contributed by atoms with Crippen LogP contribution in [0.1, 0.15) is 36.0 Å². The number of carbonyl (C=O) groups excluding carboxylic acids is 1. The zero-order valence-corrected chi connectivity index (χ0v) is 13.9. The average Bonchev–Trinajstić information content (AvgIpc) is 2.73. The molecule has 0 aromatic heterocycles. The number of hydrogen-bond acceptors (Lipinski definition) is 5. The molecule has 3 rings (SSSR count). The number of methoxy groups -OCH3 is 2. The highest BCUT2D eigenvalue weighted by molar-refractivity contribution is 7.90. The molecule has 1 unspecified atom stereocenters. The fourth-order valence-electron chi connectivity index (χ4n) is 3.09. The number of fused-ring (bicyclic) bond motifs is 1. The molecule has 2 aliphatic rings. The van der Waals surface area contributed by atoms with Crippen molar-refractivity contribution >= 4 is 15.9 Å². The number of allylic oxidation sites excluding steroid dienone is 1. The van der Waals surface area contributed by atoms with Gasteiger partial charge in [-0.15, -0.1) is 0 Å². The van der Waals surface area contributed by atoms with E-state index in [1.807, 2.05) is 12.2 Å². The van der Waals surface area contributed by atoms with Crippen LogP contribution in [0.25, 0.3) is 0 Å². The SMILES string of the molecule is COc1cc(OC)c2c(c1)C(=O)N(C1C=CCCCC1)S2(=O)=O. The van der Waals surface area contributed by atoms with Crippen molar-refractivity contribution in [2.75, 3.05) is 14.2 Å². The highest BCUT2D eigenvalue weighted by Gasteiger charge is 2.47. The summed E-state index contributed by atoms with van der Waals surface area (Å²) in [6.45, 7) is 0. The molecule has 0 saturated heterocycles. The topological polar surface area (TPSA) is 72.9 Å². The van der Waals surface area contributed by atoms with E-state index in [4.69, 9.17) is 9.47 Å². The lowest BCUT2D eigenvalue weighted by molar-refractivity contribution is 0.0845. The maximum atomic E-state index is 12.9. The number of benzene rings is 1. The van der Waals surface area contributed by atoms with Crippen molar-refractivity contribution in [3.63, 3.8) is 0 Å². The third-order valence-corrected chi connectivity index (χ3v) is 6.10. The van der Waals surface area contributed by atoms with Crippen LogP contribution in [-0.4, -0.2) is 38.9 Å². The van der Waals surface area contributed by atoms with Crippen LogP contribution in [0.4, 0.5) is 0 Å². The van der Waals surface area contributed by atoms with Gasteiger partial charge in [0.25, 0.3) is 15.9 Å². The van der Waals surface area contributed by atoms with E-state index >= 15 is 0 Å². The first-order valence-electron chi connectivity index (χ1n) is 7.52. The molecule has 0 spiro atoms. The summed E-state index contributed by atoms with van der Waals surface area (Å²) >= 11 is 0. The van der Waals surface area contributed by atoms with Gasteiger partial charge in [-0.2, -0.15) is 0 Å². The van der Waals surface area contributed by atoms with Crippen LogP contribution in [0.3, 0.4) is 0 Å². The second-order valence-electron chi connectivity index (χ2n) is 5.59. The minimum absolute atomic E-state index is 0.0663. The van der Waals surface area contributed by atoms with Crippen molar-refractivity contribution in [3.05, 3.63) is 29.8 Å². The van der Waals surface area contributed by atoms with E-state index < -0.39 is 22.0 Å². The maximum absolute atomic E-state index is 12.9. The molecule has 1 aromatic carbocycles. The minimum atomic E-state index is -3.93. The first-order valence-corrected chi connectivity index (χ1v) is 8.96. The molecule has 6 nitrogen and oxygen atoms in total. The van der Waals surface area contributed by atoms with Crippen LogP contribution in [0.2, 0.25) is 0 Å². The summed E-state index contributed by atoms with van der Waals surface area (Å²) in [4.78, 5) is 12.7. The Morgan fingerprint density at radius 2 is 1.96 bits per heavy atom. The number of sulfonamides is 1. The summed E-state index contributed by atoms with van der Waals surface area (Å²) in [6.07, 6.45) is 7.18. The molecule has 23 heavy (non-hydrogen) atoms. The molecule has 0 radical (unpaired) electrons. The Bertz CT molecular complexity index is 769. The predicted octanol–water partition coefficient (Wildman–Crippen LogP) is 2.35. The molecule has 0 saturated carbocycles. The number of hydrogen-bond donors (Lipinski definition) is 0. The van der Waals surface area contributed by atoms with Crippen LogP contribution >= 0.6 is 0 Å². The van der Waals surface area contributed by atoms with Crippen LogP contribution in [-0.2, 0) is 10.0 Å². The molecular formula is C16H19NO5S. The number of rotatable bonds is 3. The molecule has 1 amide bonds. The van der Waals surface area contributed by atoms with Crippen LogP contribution in [0.15, 0.2) is 29.2 Å². The van der Waals surface area contributed by atoms with E-state index in [9.17, 15) is 13.2 Å². The molecule has 1 aliphatic carbocycles. The van der Waals surface area contributed by atoms with Gasteiger partial charge in [0.05, 0.1) is 25.8 Å². The van der Waals surface area contributed by atoms with Gasteiger partial charge in [-0.25, -0.2) is 12.7 Å². The third kappa shape index (κ3) is 2.49. The lowest BCUT2D eigenvalue weighted by atomic mass is 10.1. The molecular weight excluding hydrogens is 318 g/mol. The van der Waals surface area contributed by atoms with Crippen molar-refractivity contribution in [1.82, 2.24) is 4.31 Å². The van der Waals surface area contributed by atoms with E-state index in [-0.39, 0.29) is 16.2 Å². The highest BCUT2D eigenvalue weighted by atomic mass is 32.2. The van der Waals surface area contributed by atoms with Crippen molar-refractivity contribution < 1.29 is 22.7 Å². The van der Waals surface area contributed by atoms with E-state index in [2.05, 4.69) is 0 Å². The molecule has 0 fully saturated rings. The predicted molar refractivity (Wildman–Crippen MR) is 84.3 cm³/mol. The molecule has 1 aliphatic heterocycles. The zero-order chi connectivity index (χ0) is 16.6. The van der Waals surface area contributed by atoms with Gasteiger partial charge in [-0.1, -0.05) is 18.6 Å². The fraction of sp³-hybridized carbons (Fsp3) is 0.438. The summed E-state index contributed by atoms with van der Waals surface area (Å²) in [6, 6.07) is 2.49. The smallest absolute Gasteiger partial charge is 0.271 e. The van der Waals surface area contributed by atoms with Crippen LogP contribution in [0.5, 0.6) is 11.5 Å². The number of carbonyl (C=O) groups is 1. The van der Waals surface area contributed by atoms with Gasteiger partial charge >= 0.3 is 0 Å². The first kappa shape index (κ1) is 15.9. The third-order valence-electron chi connectivity index (χ3n) is 4.21. The molecule has 124 valence electrons. The molecule has 0 bridgehead atoms. The van der Waals surface area contributed by atoms with Crippen LogP contribution in [0, 0.1) is 0 Å². The molecule has 1 aromatic rings. The Kier molecular flexibility index (Phi) is 4.06. The molecule has 0 N–H and O–H groups in total. The summed E-state index contributed by atoms with van der Waals surface area (Å²) in [7, 11) is -1.09. The van der Waals surface area contributed by atoms with Gasteiger partial charge in [-0.05, 0) is 25.3 Å². The Hall–Kier alpha value is -2.02. The number of nitrogens with zero attached hydrogens (tertiary/aromatic N) is 1. The second kappa shape index (κ2) is 5.88. The Labute approximate surface area is 135 Å². The van der Waals surface area contributed by atoms with Crippen molar-refractivity contribution in [1.29, 1.82) is 0 Å². The fourth-order valence-corrected chi connectivity index (χ4v) is 4.95. The maximum Gasteiger partial charge on any atom is 0.271 e. The summed E-state index contributed by atoms with van der Waals surface area (Å²) in [5.74, 6) is 0.00367. The van der Waals surface area contributed by atoms with Gasteiger partial charge in [0, 0.05) is 6.07 Å². The standard InChI is InChI=1S/C16H19NO5S/c1-21-12-9-13-15(14(10-12)22-2)23(19,20)17(16(13)18)11-7-5-3-4-6-8-11/h5,7,9-11H,3-4,6,8H2,1-2H3. The summed E-state index contributed by atoms with van der Waals surface area (Å²) < 4.78 is 37.2. The average molecular weight is 337 g/mol. The Morgan fingerprint density at radius 3 is 2.65 bits per heavy atom. The Morgan fingerprint density at radius 1 is 1.17 bits per heavy atom. The van der Waals surface area contributed by atoms with Crippen LogP contribution < -0.4 is 9.47 Å². The monoisotopic (exact) mass is 337 g/mol. The highest BCUT2D eigenvalue weighted by Crippen LogP contribution is 2.42. The second-order valence-corrected chi connectivity index (χ2v) is 7.34. The molecule has 1 heterocycles. The minimum Gasteiger partial charge on any atom is -0.497 e. The van der Waals surface area contributed by atoms with Gasteiger partial charge in [0.1, 0.15) is 16.4 Å². The van der Waals surface area contributed by atoms with Crippen molar-refractivity contribution in [3.8, 4) is 11.5 Å². The quantitative estimate of drug-likeness (QED) is 0.792. The molecule has 7 heteroatoms. The summed E-state index contributed by atoms with van der Waals surface area (Å²) in [5.41, 5.74) is 0.110. The lowest BCUT2D eigenvalue weighted by Gasteiger charge is -2.23. The van der Waals surface area contributed by atoms with Gasteiger partial charge in [0.15, 0.2) is 0 Å². The van der Waals surface area contributed by atoms with E-state index in [0.29, 0.717) is 12.2 Å². The van der Waals surface area contributed by atoms with Gasteiger partial charge < -0.3 is 9.47 Å². The largest absolute Gasteiger partial charge is 0.497 e. The first-order chi connectivity index (χ1) is 11.0. The van der Waals surface area contributed by atoms with Gasteiger partial charge in [0.2, 0.25) is 0 Å². The van der Waals surface area contributed by atoms with Crippen molar-refractivity contribution in [2.24, 2.45) is 0 Å². The van der Waals surface area contributed by atoms with Gasteiger partial charge in [-0.3, -0.25) is 4.79 Å². The van der Waals surface area contributed by atoms with E-state index in [1.165, 1.54) is 26.4 Å². The number of amides is 1. The van der Waals surface area contributed by atoms with E-state index in [0.717, 1.165) is 23.6 Å².